The monoisotopic (exact) mass is 292 g/mol. The van der Waals surface area contributed by atoms with E-state index >= 15 is 0 Å². The van der Waals surface area contributed by atoms with Crippen molar-refractivity contribution in [3.8, 4) is 0 Å². The van der Waals surface area contributed by atoms with Crippen molar-refractivity contribution < 1.29 is 9.18 Å². The summed E-state index contributed by atoms with van der Waals surface area (Å²) < 4.78 is 12.9. The fourth-order valence-electron chi connectivity index (χ4n) is 1.99. The fourth-order valence-corrected chi connectivity index (χ4v) is 2.24. The molecule has 1 atom stereocenters. The molecule has 0 spiro atoms. The van der Waals surface area contributed by atoms with Crippen molar-refractivity contribution in [2.45, 2.75) is 12.5 Å². The van der Waals surface area contributed by atoms with Crippen molar-refractivity contribution in [2.24, 2.45) is 0 Å². The minimum Gasteiger partial charge on any atom is -0.337 e. The van der Waals surface area contributed by atoms with Crippen molar-refractivity contribution in [3.05, 3.63) is 34.6 Å². The second-order valence-corrected chi connectivity index (χ2v) is 4.59. The summed E-state index contributed by atoms with van der Waals surface area (Å²) in [7, 11) is 1.75. The van der Waals surface area contributed by atoms with E-state index in [4.69, 9.17) is 11.6 Å². The van der Waals surface area contributed by atoms with Gasteiger partial charge in [0.2, 0.25) is 0 Å². The molecule has 1 unspecified atom stereocenters. The zero-order valence-corrected chi connectivity index (χ0v) is 11.5. The number of likely N-dealkylation sites (N-methyl/N-ethyl adjacent to an activating group) is 1. The first kappa shape index (κ1) is 15.2. The van der Waals surface area contributed by atoms with E-state index in [0.717, 1.165) is 25.6 Å². The van der Waals surface area contributed by atoms with Crippen molar-refractivity contribution in [2.75, 3.05) is 20.1 Å². The molecule has 1 aromatic rings. The Balaban J connectivity index is 0.00000162. The zero-order valence-electron chi connectivity index (χ0n) is 9.95. The molecule has 1 amide bonds. The molecule has 1 N–H and O–H groups in total. The van der Waals surface area contributed by atoms with Crippen LogP contribution in [0.15, 0.2) is 18.2 Å². The van der Waals surface area contributed by atoms with Gasteiger partial charge >= 0.3 is 0 Å². The van der Waals surface area contributed by atoms with Crippen LogP contribution in [0.4, 0.5) is 4.39 Å². The highest BCUT2D eigenvalue weighted by molar-refractivity contribution is 6.33. The highest BCUT2D eigenvalue weighted by Crippen LogP contribution is 2.20. The molecule has 3 nitrogen and oxygen atoms in total. The molecule has 0 saturated carbocycles. The number of nitrogens with zero attached hydrogens (tertiary/aromatic N) is 1. The van der Waals surface area contributed by atoms with Crippen LogP contribution in [-0.2, 0) is 0 Å². The van der Waals surface area contributed by atoms with E-state index in [1.807, 2.05) is 0 Å². The van der Waals surface area contributed by atoms with Crippen LogP contribution in [0.5, 0.6) is 0 Å². The summed E-state index contributed by atoms with van der Waals surface area (Å²) in [5, 5.41) is 3.36. The van der Waals surface area contributed by atoms with Gasteiger partial charge in [0.05, 0.1) is 10.6 Å². The van der Waals surface area contributed by atoms with E-state index in [9.17, 15) is 9.18 Å². The Kier molecular flexibility index (Phi) is 5.38. The van der Waals surface area contributed by atoms with Gasteiger partial charge in [0.1, 0.15) is 5.82 Å². The van der Waals surface area contributed by atoms with Gasteiger partial charge in [0.15, 0.2) is 0 Å². The van der Waals surface area contributed by atoms with Crippen molar-refractivity contribution in [3.63, 3.8) is 0 Å². The fraction of sp³-hybridized carbons (Fsp3) is 0.417. The van der Waals surface area contributed by atoms with Crippen molar-refractivity contribution >= 4 is 29.9 Å². The minimum atomic E-state index is -0.434. The van der Waals surface area contributed by atoms with E-state index in [0.29, 0.717) is 5.56 Å². The number of hydrogen-bond donors (Lipinski definition) is 1. The van der Waals surface area contributed by atoms with E-state index in [2.05, 4.69) is 5.32 Å². The summed E-state index contributed by atoms with van der Waals surface area (Å²) in [6, 6.07) is 4.03. The zero-order chi connectivity index (χ0) is 12.4. The molecular weight excluding hydrogens is 278 g/mol. The van der Waals surface area contributed by atoms with Gasteiger partial charge in [0, 0.05) is 19.6 Å². The van der Waals surface area contributed by atoms with E-state index in [-0.39, 0.29) is 29.4 Å². The Hall–Kier alpha value is -0.840. The maximum atomic E-state index is 12.9. The topological polar surface area (TPSA) is 32.3 Å². The first-order valence-electron chi connectivity index (χ1n) is 5.52. The molecule has 1 fully saturated rings. The van der Waals surface area contributed by atoms with Crippen molar-refractivity contribution in [1.29, 1.82) is 0 Å². The van der Waals surface area contributed by atoms with Crippen LogP contribution in [0, 0.1) is 5.82 Å². The third kappa shape index (κ3) is 3.13. The highest BCUT2D eigenvalue weighted by Gasteiger charge is 2.25. The third-order valence-corrected chi connectivity index (χ3v) is 3.38. The quantitative estimate of drug-likeness (QED) is 0.907. The molecule has 1 heterocycles. The molecule has 0 aromatic heterocycles. The molecule has 6 heteroatoms. The summed E-state index contributed by atoms with van der Waals surface area (Å²) in [5.41, 5.74) is 0.350. The average Bonchev–Trinajstić information content (AvgIpc) is 2.80. The predicted octanol–water partition coefficient (Wildman–Crippen LogP) is 2.33. The standard InChI is InChI=1S/C12H14ClFN2O.ClH/c1-16(9-4-5-15-7-9)12(17)10-3-2-8(14)6-11(10)13;/h2-3,6,9,15H,4-5,7H2,1H3;1H. The van der Waals surface area contributed by atoms with E-state index in [1.54, 1.807) is 11.9 Å². The second kappa shape index (κ2) is 6.36. The van der Waals surface area contributed by atoms with Gasteiger partial charge in [-0.05, 0) is 31.2 Å². The van der Waals surface area contributed by atoms with E-state index in [1.165, 1.54) is 12.1 Å². The van der Waals surface area contributed by atoms with Crippen LogP contribution < -0.4 is 5.32 Å². The highest BCUT2D eigenvalue weighted by atomic mass is 35.5. The molecule has 2 rings (SSSR count). The molecule has 1 aromatic carbocycles. The van der Waals surface area contributed by atoms with Crippen LogP contribution in [0.1, 0.15) is 16.8 Å². The molecule has 1 aliphatic rings. The van der Waals surface area contributed by atoms with Gasteiger partial charge in [-0.1, -0.05) is 11.6 Å². The van der Waals surface area contributed by atoms with Crippen molar-refractivity contribution in [1.82, 2.24) is 10.2 Å². The van der Waals surface area contributed by atoms with Gasteiger partial charge in [-0.3, -0.25) is 4.79 Å². The molecule has 1 aliphatic heterocycles. The summed E-state index contributed by atoms with van der Waals surface area (Å²) in [5.74, 6) is -0.597. The lowest BCUT2D eigenvalue weighted by Gasteiger charge is -2.24. The summed E-state index contributed by atoms with van der Waals surface area (Å²) >= 11 is 5.87. The van der Waals surface area contributed by atoms with Crippen LogP contribution in [-0.4, -0.2) is 37.0 Å². The lowest BCUT2D eigenvalue weighted by atomic mass is 10.1. The molecule has 0 aliphatic carbocycles. The largest absolute Gasteiger partial charge is 0.337 e. The predicted molar refractivity (Wildman–Crippen MR) is 72.0 cm³/mol. The molecular formula is C12H15Cl2FN2O. The lowest BCUT2D eigenvalue weighted by molar-refractivity contribution is 0.0744. The Morgan fingerprint density at radius 1 is 1.56 bits per heavy atom. The molecule has 0 bridgehead atoms. The molecule has 100 valence electrons. The van der Waals surface area contributed by atoms with Gasteiger partial charge in [-0.25, -0.2) is 4.39 Å². The number of carbonyl (C=O) groups excluding carboxylic acids is 1. The maximum Gasteiger partial charge on any atom is 0.255 e. The summed E-state index contributed by atoms with van der Waals surface area (Å²) in [4.78, 5) is 13.8. The number of hydrogen-bond acceptors (Lipinski definition) is 2. The van der Waals surface area contributed by atoms with Crippen LogP contribution in [0.2, 0.25) is 5.02 Å². The molecule has 1 saturated heterocycles. The SMILES string of the molecule is CN(C(=O)c1ccc(F)cc1Cl)C1CCNC1.Cl. The van der Waals surface area contributed by atoms with Gasteiger partial charge in [0.25, 0.3) is 5.91 Å². The Morgan fingerprint density at radius 2 is 2.28 bits per heavy atom. The number of nitrogens with one attached hydrogen (secondary N) is 1. The smallest absolute Gasteiger partial charge is 0.255 e. The summed E-state index contributed by atoms with van der Waals surface area (Å²) in [6.45, 7) is 1.71. The number of rotatable bonds is 2. The van der Waals surface area contributed by atoms with Crippen LogP contribution >= 0.6 is 24.0 Å². The Morgan fingerprint density at radius 3 is 2.83 bits per heavy atom. The maximum absolute atomic E-state index is 12.9. The van der Waals surface area contributed by atoms with Crippen LogP contribution in [0.3, 0.4) is 0 Å². The normalized spacial score (nSPS) is 18.3. The number of halogens is 3. The first-order chi connectivity index (χ1) is 8.09. The lowest BCUT2D eigenvalue weighted by Crippen LogP contribution is -2.38. The molecule has 0 radical (unpaired) electrons. The number of carbonyl (C=O) groups is 1. The Bertz CT molecular complexity index is 436. The van der Waals surface area contributed by atoms with Crippen LogP contribution in [0.25, 0.3) is 0 Å². The van der Waals surface area contributed by atoms with Gasteiger partial charge in [-0.2, -0.15) is 0 Å². The number of amides is 1. The Labute approximate surface area is 117 Å². The third-order valence-electron chi connectivity index (χ3n) is 3.06. The molecule has 18 heavy (non-hydrogen) atoms. The minimum absolute atomic E-state index is 0. The van der Waals surface area contributed by atoms with Gasteiger partial charge < -0.3 is 10.2 Å². The number of benzene rings is 1. The first-order valence-corrected chi connectivity index (χ1v) is 5.90. The second-order valence-electron chi connectivity index (χ2n) is 4.19. The average molecular weight is 293 g/mol. The van der Waals surface area contributed by atoms with E-state index < -0.39 is 5.82 Å². The summed E-state index contributed by atoms with van der Waals surface area (Å²) in [6.07, 6.45) is 0.932. The van der Waals surface area contributed by atoms with Gasteiger partial charge in [-0.15, -0.1) is 12.4 Å².